The number of methoxy groups -OCH3 is 2. The molecule has 0 amide bonds. The van der Waals surface area contributed by atoms with Gasteiger partial charge in [0.25, 0.3) is 0 Å². The summed E-state index contributed by atoms with van der Waals surface area (Å²) in [5, 5.41) is 2.73. The quantitative estimate of drug-likeness (QED) is 0.573. The monoisotopic (exact) mass is 396 g/mol. The van der Waals surface area contributed by atoms with E-state index in [-0.39, 0.29) is 16.3 Å². The molecule has 1 aliphatic rings. The first kappa shape index (κ1) is 20.8. The van der Waals surface area contributed by atoms with Crippen molar-refractivity contribution in [1.82, 2.24) is 0 Å². The molecule has 0 aliphatic carbocycles. The van der Waals surface area contributed by atoms with Gasteiger partial charge in [0.05, 0.1) is 30.9 Å². The number of piperidine rings is 1. The second-order valence-corrected chi connectivity index (χ2v) is 8.18. The zero-order valence-corrected chi connectivity index (χ0v) is 16.5. The number of hydrogen-bond acceptors (Lipinski definition) is 8. The highest BCUT2D eigenvalue weighted by atomic mass is 32.2. The minimum atomic E-state index is -3.57. The van der Waals surface area contributed by atoms with Crippen molar-refractivity contribution in [1.29, 1.82) is 0 Å². The van der Waals surface area contributed by atoms with E-state index >= 15 is 0 Å². The van der Waals surface area contributed by atoms with Gasteiger partial charge < -0.3 is 19.7 Å². The van der Waals surface area contributed by atoms with Gasteiger partial charge in [0.1, 0.15) is 5.70 Å². The Morgan fingerprint density at radius 2 is 1.78 bits per heavy atom. The van der Waals surface area contributed by atoms with Gasteiger partial charge >= 0.3 is 11.9 Å². The minimum Gasteiger partial charge on any atom is -0.466 e. The predicted molar refractivity (Wildman–Crippen MR) is 101 cm³/mol. The number of hydrogen-bond donors (Lipinski definition) is 1. The first-order valence-electron chi connectivity index (χ1n) is 8.50. The smallest absolute Gasteiger partial charge is 0.354 e. The summed E-state index contributed by atoms with van der Waals surface area (Å²) in [5.41, 5.74) is 0.818. The molecule has 1 aromatic carbocycles. The Labute approximate surface area is 159 Å². The molecule has 1 saturated heterocycles. The van der Waals surface area contributed by atoms with E-state index in [1.54, 1.807) is 12.1 Å². The fourth-order valence-corrected chi connectivity index (χ4v) is 3.69. The Morgan fingerprint density at radius 1 is 1.11 bits per heavy atom. The van der Waals surface area contributed by atoms with Crippen molar-refractivity contribution >= 4 is 33.2 Å². The van der Waals surface area contributed by atoms with Crippen LogP contribution in [0.5, 0.6) is 0 Å². The topological polar surface area (TPSA) is 102 Å². The van der Waals surface area contributed by atoms with Crippen molar-refractivity contribution < 1.29 is 27.5 Å². The molecule has 9 heteroatoms. The van der Waals surface area contributed by atoms with Crippen molar-refractivity contribution in [2.24, 2.45) is 0 Å². The molecule has 0 spiro atoms. The van der Waals surface area contributed by atoms with E-state index in [9.17, 15) is 18.0 Å². The highest BCUT2D eigenvalue weighted by Gasteiger charge is 2.21. The molecule has 1 aliphatic heterocycles. The van der Waals surface area contributed by atoms with Crippen molar-refractivity contribution in [3.63, 3.8) is 0 Å². The number of sulfone groups is 1. The fourth-order valence-electron chi connectivity index (χ4n) is 2.87. The first-order chi connectivity index (χ1) is 12.8. The molecule has 1 N–H and O–H groups in total. The summed E-state index contributed by atoms with van der Waals surface area (Å²) in [6, 6.07) is 4.90. The second-order valence-electron chi connectivity index (χ2n) is 6.20. The number of anilines is 2. The van der Waals surface area contributed by atoms with Crippen molar-refractivity contribution in [3.05, 3.63) is 30.0 Å². The lowest BCUT2D eigenvalue weighted by atomic mass is 10.1. The van der Waals surface area contributed by atoms with Gasteiger partial charge in [0.2, 0.25) is 0 Å². The van der Waals surface area contributed by atoms with Gasteiger partial charge in [-0.05, 0) is 37.5 Å². The molecule has 148 valence electrons. The van der Waals surface area contributed by atoms with Gasteiger partial charge in [0, 0.05) is 25.0 Å². The number of rotatable bonds is 6. The van der Waals surface area contributed by atoms with Crippen LogP contribution in [0.1, 0.15) is 19.3 Å². The molecule has 1 aromatic rings. The number of esters is 2. The van der Waals surface area contributed by atoms with Crippen LogP contribution in [0.25, 0.3) is 0 Å². The highest BCUT2D eigenvalue weighted by molar-refractivity contribution is 7.90. The summed E-state index contributed by atoms with van der Waals surface area (Å²) in [5.74, 6) is -1.58. The molecule has 0 atom stereocenters. The second kappa shape index (κ2) is 8.90. The minimum absolute atomic E-state index is 0.0166. The highest BCUT2D eigenvalue weighted by Crippen LogP contribution is 2.30. The van der Waals surface area contributed by atoms with Gasteiger partial charge in [-0.15, -0.1) is 0 Å². The summed E-state index contributed by atoms with van der Waals surface area (Å²) < 4.78 is 33.5. The van der Waals surface area contributed by atoms with Gasteiger partial charge in [-0.3, -0.25) is 0 Å². The third kappa shape index (κ3) is 5.46. The van der Waals surface area contributed by atoms with Crippen LogP contribution in [0, 0.1) is 0 Å². The lowest BCUT2D eigenvalue weighted by Gasteiger charge is -2.29. The van der Waals surface area contributed by atoms with Crippen LogP contribution in [-0.2, 0) is 28.9 Å². The maximum atomic E-state index is 12.2. The molecular formula is C18H24N2O6S. The Bertz CT molecular complexity index is 841. The molecule has 1 heterocycles. The molecule has 8 nitrogen and oxygen atoms in total. The fraction of sp³-hybridized carbons (Fsp3) is 0.444. The molecular weight excluding hydrogens is 372 g/mol. The van der Waals surface area contributed by atoms with E-state index in [0.717, 1.165) is 57.5 Å². The van der Waals surface area contributed by atoms with Gasteiger partial charge in [-0.2, -0.15) is 0 Å². The molecule has 0 aromatic heterocycles. The van der Waals surface area contributed by atoms with Crippen molar-refractivity contribution in [2.75, 3.05) is 43.8 Å². The average Bonchev–Trinajstić information content (AvgIpc) is 2.66. The number of benzene rings is 1. The summed E-state index contributed by atoms with van der Waals surface area (Å²) in [4.78, 5) is 25.7. The van der Waals surface area contributed by atoms with Crippen LogP contribution in [0.2, 0.25) is 0 Å². The number of nitrogens with one attached hydrogen (secondary N) is 1. The number of carbonyl (C=O) groups is 2. The van der Waals surface area contributed by atoms with E-state index in [4.69, 9.17) is 0 Å². The number of carbonyl (C=O) groups excluding carboxylic acids is 2. The maximum Gasteiger partial charge on any atom is 0.354 e. The van der Waals surface area contributed by atoms with Crippen molar-refractivity contribution in [2.45, 2.75) is 24.2 Å². The molecule has 0 saturated carbocycles. The van der Waals surface area contributed by atoms with Crippen LogP contribution in [0.4, 0.5) is 11.4 Å². The van der Waals surface area contributed by atoms with E-state index in [2.05, 4.69) is 19.7 Å². The Balaban J connectivity index is 2.48. The van der Waals surface area contributed by atoms with Crippen LogP contribution in [0.3, 0.4) is 0 Å². The summed E-state index contributed by atoms with van der Waals surface area (Å²) >= 11 is 0. The van der Waals surface area contributed by atoms with Crippen LogP contribution >= 0.6 is 0 Å². The maximum absolute atomic E-state index is 12.2. The van der Waals surface area contributed by atoms with Crippen LogP contribution in [-0.4, -0.2) is 53.9 Å². The average molecular weight is 396 g/mol. The zero-order valence-electron chi connectivity index (χ0n) is 15.6. The molecule has 0 bridgehead atoms. The van der Waals surface area contributed by atoms with E-state index in [1.165, 1.54) is 13.2 Å². The zero-order chi connectivity index (χ0) is 20.0. The van der Waals surface area contributed by atoms with E-state index < -0.39 is 21.8 Å². The third-order valence-electron chi connectivity index (χ3n) is 4.22. The normalized spacial score (nSPS) is 15.2. The summed E-state index contributed by atoms with van der Waals surface area (Å²) in [6.07, 6.45) is 5.29. The van der Waals surface area contributed by atoms with Gasteiger partial charge in [-0.1, -0.05) is 0 Å². The Morgan fingerprint density at radius 3 is 2.33 bits per heavy atom. The van der Waals surface area contributed by atoms with Crippen LogP contribution < -0.4 is 10.2 Å². The predicted octanol–water partition coefficient (Wildman–Crippen LogP) is 1.72. The van der Waals surface area contributed by atoms with Gasteiger partial charge in [0.15, 0.2) is 9.84 Å². The number of nitrogens with zero attached hydrogens (tertiary/aromatic N) is 1. The third-order valence-corrected chi connectivity index (χ3v) is 5.38. The Kier molecular flexibility index (Phi) is 6.84. The molecule has 27 heavy (non-hydrogen) atoms. The first-order valence-corrected chi connectivity index (χ1v) is 10.4. The van der Waals surface area contributed by atoms with E-state index in [1.807, 2.05) is 0 Å². The summed E-state index contributed by atoms with van der Waals surface area (Å²) in [6.45, 7) is 1.75. The van der Waals surface area contributed by atoms with Crippen LogP contribution in [0.15, 0.2) is 34.9 Å². The SMILES string of the molecule is COC(=O)/C=C(/Nc1cc(N2CCCCC2)ccc1S(C)(=O)=O)C(=O)OC. The Hall–Kier alpha value is -2.55. The standard InChI is InChI=1S/C18H24N2O6S/c1-25-17(21)12-15(18(22)26-2)19-14-11-13(20-9-5-4-6-10-20)7-8-16(14)27(3,23)24/h7-8,11-12,19H,4-6,9-10H2,1-3H3/b15-12+. The molecule has 0 unspecified atom stereocenters. The van der Waals surface area contributed by atoms with Gasteiger partial charge in [-0.25, -0.2) is 18.0 Å². The van der Waals surface area contributed by atoms with E-state index in [0.29, 0.717) is 0 Å². The summed E-state index contributed by atoms with van der Waals surface area (Å²) in [7, 11) is -1.23. The lowest BCUT2D eigenvalue weighted by molar-refractivity contribution is -0.138. The molecule has 0 radical (unpaired) electrons. The largest absolute Gasteiger partial charge is 0.466 e. The van der Waals surface area contributed by atoms with Crippen molar-refractivity contribution in [3.8, 4) is 0 Å². The lowest BCUT2D eigenvalue weighted by Crippen LogP contribution is -2.29. The molecule has 1 fully saturated rings. The number of ether oxygens (including phenoxy) is 2. The molecule has 2 rings (SSSR count).